The Balaban J connectivity index is 1.64. The Kier molecular flexibility index (Phi) is 4.97. The van der Waals surface area contributed by atoms with Crippen molar-refractivity contribution >= 4 is 28.1 Å². The third-order valence-electron chi connectivity index (χ3n) is 5.54. The van der Waals surface area contributed by atoms with Crippen molar-refractivity contribution < 1.29 is 13.6 Å². The van der Waals surface area contributed by atoms with Gasteiger partial charge in [-0.25, -0.2) is 13.3 Å². The van der Waals surface area contributed by atoms with Crippen molar-refractivity contribution in [2.24, 2.45) is 0 Å². The van der Waals surface area contributed by atoms with Gasteiger partial charge in [-0.05, 0) is 66.6 Å². The smallest absolute Gasteiger partial charge is 0.277 e. The molecule has 0 aliphatic heterocycles. The van der Waals surface area contributed by atoms with Crippen LogP contribution in [-0.2, 0) is 6.54 Å². The summed E-state index contributed by atoms with van der Waals surface area (Å²) in [5.74, 6) is -1.31. The zero-order chi connectivity index (χ0) is 23.1. The van der Waals surface area contributed by atoms with Crippen molar-refractivity contribution in [3.63, 3.8) is 0 Å². The van der Waals surface area contributed by atoms with E-state index in [0.29, 0.717) is 33.4 Å². The normalized spacial score (nSPS) is 11.2. The lowest BCUT2D eigenvalue weighted by atomic mass is 10.1. The summed E-state index contributed by atoms with van der Waals surface area (Å²) >= 11 is 0. The van der Waals surface area contributed by atoms with Gasteiger partial charge in [0.05, 0.1) is 23.8 Å². The topological polar surface area (TPSA) is 68.4 Å². The fourth-order valence-electron chi connectivity index (χ4n) is 3.86. The van der Waals surface area contributed by atoms with Crippen molar-refractivity contribution in [3.8, 4) is 0 Å². The predicted octanol–water partition coefficient (Wildman–Crippen LogP) is 4.54. The van der Waals surface area contributed by atoms with Crippen LogP contribution in [0, 0.1) is 18.6 Å². The first-order chi connectivity index (χ1) is 15.9. The average molecular weight is 444 g/mol. The molecule has 8 heteroatoms. The van der Waals surface area contributed by atoms with E-state index in [4.69, 9.17) is 0 Å². The number of aryl methyl sites for hydroxylation is 1. The van der Waals surface area contributed by atoms with E-state index in [2.05, 4.69) is 10.4 Å². The quantitative estimate of drug-likeness (QED) is 0.443. The fraction of sp³-hybridized carbons (Fsp3) is 0.0800. The Hall–Kier alpha value is -4.33. The summed E-state index contributed by atoms with van der Waals surface area (Å²) in [6.07, 6.45) is 1.52. The summed E-state index contributed by atoms with van der Waals surface area (Å²) in [6.45, 7) is 1.88. The molecule has 0 aliphatic carbocycles. The summed E-state index contributed by atoms with van der Waals surface area (Å²) in [6, 6.07) is 16.7. The van der Waals surface area contributed by atoms with Crippen LogP contribution in [0.5, 0.6) is 0 Å². The van der Waals surface area contributed by atoms with Gasteiger partial charge >= 0.3 is 0 Å². The van der Waals surface area contributed by atoms with Gasteiger partial charge in [0.1, 0.15) is 17.2 Å². The highest BCUT2D eigenvalue weighted by molar-refractivity contribution is 6.06. The first kappa shape index (κ1) is 20.6. The minimum absolute atomic E-state index is 0.114. The molecule has 5 aromatic rings. The number of halogens is 2. The largest absolute Gasteiger partial charge is 0.322 e. The van der Waals surface area contributed by atoms with Crippen LogP contribution in [0.25, 0.3) is 16.6 Å². The number of amides is 1. The van der Waals surface area contributed by atoms with E-state index in [1.807, 2.05) is 0 Å². The fourth-order valence-corrected chi connectivity index (χ4v) is 3.86. The Morgan fingerprint density at radius 2 is 1.76 bits per heavy atom. The molecule has 2 aromatic heterocycles. The standard InChI is InChI=1S/C25H18F2N4O2/c1-15-5-7-19(27)13-20(15)29-24(32)17-6-8-21-23(12-17)30(14-16-3-2-4-18(26)11-16)25(33)22-9-10-28-31(21)22/h2-13H,14H2,1H3,(H,29,32). The highest BCUT2D eigenvalue weighted by Gasteiger charge is 2.16. The zero-order valence-electron chi connectivity index (χ0n) is 17.5. The number of benzene rings is 3. The molecule has 0 fully saturated rings. The molecule has 0 unspecified atom stereocenters. The van der Waals surface area contributed by atoms with E-state index in [1.165, 1.54) is 39.5 Å². The molecule has 2 heterocycles. The molecule has 0 aliphatic rings. The first-order valence-corrected chi connectivity index (χ1v) is 10.2. The molecule has 0 spiro atoms. The molecule has 0 atom stereocenters. The van der Waals surface area contributed by atoms with Gasteiger partial charge in [-0.1, -0.05) is 18.2 Å². The first-order valence-electron chi connectivity index (χ1n) is 10.2. The van der Waals surface area contributed by atoms with Crippen LogP contribution < -0.4 is 10.9 Å². The van der Waals surface area contributed by atoms with Crippen molar-refractivity contribution in [1.29, 1.82) is 0 Å². The van der Waals surface area contributed by atoms with E-state index in [1.54, 1.807) is 49.4 Å². The van der Waals surface area contributed by atoms with Crippen molar-refractivity contribution in [1.82, 2.24) is 14.2 Å². The van der Waals surface area contributed by atoms with Gasteiger partial charge in [0.15, 0.2) is 0 Å². The van der Waals surface area contributed by atoms with E-state index >= 15 is 0 Å². The summed E-state index contributed by atoms with van der Waals surface area (Å²) < 4.78 is 30.4. The molecule has 0 saturated heterocycles. The van der Waals surface area contributed by atoms with Crippen LogP contribution in [0.3, 0.4) is 0 Å². The van der Waals surface area contributed by atoms with Crippen LogP contribution in [0.15, 0.2) is 77.7 Å². The zero-order valence-corrected chi connectivity index (χ0v) is 17.5. The van der Waals surface area contributed by atoms with Gasteiger partial charge in [-0.2, -0.15) is 5.10 Å². The average Bonchev–Trinajstić information content (AvgIpc) is 3.29. The number of aromatic nitrogens is 3. The molecule has 33 heavy (non-hydrogen) atoms. The summed E-state index contributed by atoms with van der Waals surface area (Å²) in [5, 5.41) is 6.95. The SMILES string of the molecule is Cc1ccc(F)cc1NC(=O)c1ccc2c(c1)n(Cc1cccc(F)c1)c(=O)c1ccnn12. The molecule has 6 nitrogen and oxygen atoms in total. The van der Waals surface area contributed by atoms with E-state index in [9.17, 15) is 18.4 Å². The Bertz CT molecular complexity index is 1600. The number of rotatable bonds is 4. The summed E-state index contributed by atoms with van der Waals surface area (Å²) in [5.41, 5.74) is 3.09. The number of hydrogen-bond donors (Lipinski definition) is 1. The van der Waals surface area contributed by atoms with Crippen LogP contribution in [0.2, 0.25) is 0 Å². The van der Waals surface area contributed by atoms with E-state index in [0.717, 1.165) is 0 Å². The maximum absolute atomic E-state index is 13.7. The van der Waals surface area contributed by atoms with Gasteiger partial charge in [0.25, 0.3) is 11.5 Å². The van der Waals surface area contributed by atoms with Gasteiger partial charge in [0, 0.05) is 11.3 Å². The minimum Gasteiger partial charge on any atom is -0.322 e. The molecule has 1 N–H and O–H groups in total. The summed E-state index contributed by atoms with van der Waals surface area (Å²) in [7, 11) is 0. The molecule has 0 radical (unpaired) electrons. The number of fused-ring (bicyclic) bond motifs is 3. The second-order valence-electron chi connectivity index (χ2n) is 7.77. The molecule has 0 saturated carbocycles. The number of carbonyl (C=O) groups excluding carboxylic acids is 1. The monoisotopic (exact) mass is 444 g/mol. The van der Waals surface area contributed by atoms with Crippen LogP contribution in [0.1, 0.15) is 21.5 Å². The van der Waals surface area contributed by atoms with E-state index in [-0.39, 0.29) is 17.7 Å². The van der Waals surface area contributed by atoms with Crippen LogP contribution in [-0.4, -0.2) is 20.1 Å². The second-order valence-corrected chi connectivity index (χ2v) is 7.77. The predicted molar refractivity (Wildman–Crippen MR) is 122 cm³/mol. The number of nitrogens with one attached hydrogen (secondary N) is 1. The number of nitrogens with zero attached hydrogens (tertiary/aromatic N) is 3. The molecule has 1 amide bonds. The van der Waals surface area contributed by atoms with Crippen LogP contribution in [0.4, 0.5) is 14.5 Å². The highest BCUT2D eigenvalue weighted by atomic mass is 19.1. The maximum Gasteiger partial charge on any atom is 0.277 e. The Morgan fingerprint density at radius 1 is 0.939 bits per heavy atom. The Labute approximate surface area is 186 Å². The lowest BCUT2D eigenvalue weighted by Gasteiger charge is -2.14. The molecular weight excluding hydrogens is 426 g/mol. The number of hydrogen-bond acceptors (Lipinski definition) is 3. The van der Waals surface area contributed by atoms with Gasteiger partial charge in [0.2, 0.25) is 0 Å². The number of carbonyl (C=O) groups is 1. The third kappa shape index (κ3) is 3.76. The molecule has 3 aromatic carbocycles. The molecule has 0 bridgehead atoms. The summed E-state index contributed by atoms with van der Waals surface area (Å²) in [4.78, 5) is 26.2. The van der Waals surface area contributed by atoms with Crippen molar-refractivity contribution in [3.05, 3.63) is 112 Å². The van der Waals surface area contributed by atoms with Gasteiger partial charge in [-0.3, -0.25) is 9.59 Å². The molecular formula is C25H18F2N4O2. The van der Waals surface area contributed by atoms with E-state index < -0.39 is 17.5 Å². The number of anilines is 1. The second kappa shape index (κ2) is 7.98. The van der Waals surface area contributed by atoms with Crippen molar-refractivity contribution in [2.45, 2.75) is 13.5 Å². The Morgan fingerprint density at radius 3 is 2.58 bits per heavy atom. The third-order valence-corrected chi connectivity index (χ3v) is 5.54. The van der Waals surface area contributed by atoms with Crippen molar-refractivity contribution in [2.75, 3.05) is 5.32 Å². The van der Waals surface area contributed by atoms with Gasteiger partial charge in [-0.15, -0.1) is 0 Å². The molecule has 5 rings (SSSR count). The van der Waals surface area contributed by atoms with Crippen LogP contribution >= 0.6 is 0 Å². The highest BCUT2D eigenvalue weighted by Crippen LogP contribution is 2.21. The molecule has 164 valence electrons. The lowest BCUT2D eigenvalue weighted by molar-refractivity contribution is 0.102. The minimum atomic E-state index is -0.459. The van der Waals surface area contributed by atoms with Gasteiger partial charge < -0.3 is 9.88 Å². The maximum atomic E-state index is 13.7. The lowest BCUT2D eigenvalue weighted by Crippen LogP contribution is -2.24.